The SMILES string of the molecule is CS(=O)(=O)N1CCCC(C(=O)N2CCN(Cc3ccc(Cl)cc3)CC2)C1.Cl. The molecule has 2 aliphatic heterocycles. The molecule has 2 aliphatic rings. The topological polar surface area (TPSA) is 60.9 Å². The highest BCUT2D eigenvalue weighted by atomic mass is 35.5. The minimum absolute atomic E-state index is 0. The Bertz CT molecular complexity index is 735. The van der Waals surface area contributed by atoms with Gasteiger partial charge in [-0.2, -0.15) is 0 Å². The number of carbonyl (C=O) groups excluding carboxylic acids is 1. The van der Waals surface area contributed by atoms with Gasteiger partial charge in [0.25, 0.3) is 0 Å². The van der Waals surface area contributed by atoms with Crippen molar-refractivity contribution in [1.82, 2.24) is 14.1 Å². The third-order valence-electron chi connectivity index (χ3n) is 5.21. The number of hydrogen-bond acceptors (Lipinski definition) is 4. The van der Waals surface area contributed by atoms with Gasteiger partial charge in [-0.05, 0) is 30.5 Å². The Morgan fingerprint density at radius 2 is 1.74 bits per heavy atom. The summed E-state index contributed by atoms with van der Waals surface area (Å²) in [6.45, 7) is 4.75. The average Bonchev–Trinajstić information content (AvgIpc) is 2.63. The Morgan fingerprint density at radius 3 is 2.33 bits per heavy atom. The highest BCUT2D eigenvalue weighted by Crippen LogP contribution is 2.22. The van der Waals surface area contributed by atoms with E-state index in [9.17, 15) is 13.2 Å². The lowest BCUT2D eigenvalue weighted by atomic mass is 9.97. The second kappa shape index (κ2) is 9.56. The molecule has 1 aromatic carbocycles. The zero-order chi connectivity index (χ0) is 18.7. The van der Waals surface area contributed by atoms with Crippen LogP contribution in [-0.4, -0.2) is 74.0 Å². The molecule has 0 bridgehead atoms. The standard InChI is InChI=1S/C18H26ClN3O3S.ClH/c1-26(24,25)22-8-2-3-16(14-22)18(23)21-11-9-20(10-12-21)13-15-4-6-17(19)7-5-15;/h4-7,16H,2-3,8-14H2,1H3;1H. The zero-order valence-corrected chi connectivity index (χ0v) is 17.9. The number of hydrogen-bond donors (Lipinski definition) is 0. The van der Waals surface area contributed by atoms with Crippen molar-refractivity contribution >= 4 is 39.9 Å². The molecular weight excluding hydrogens is 409 g/mol. The molecule has 1 atom stereocenters. The van der Waals surface area contributed by atoms with E-state index in [2.05, 4.69) is 4.90 Å². The smallest absolute Gasteiger partial charge is 0.227 e. The number of carbonyl (C=O) groups is 1. The monoisotopic (exact) mass is 435 g/mol. The minimum Gasteiger partial charge on any atom is -0.340 e. The van der Waals surface area contributed by atoms with E-state index in [0.29, 0.717) is 26.2 Å². The minimum atomic E-state index is -3.22. The van der Waals surface area contributed by atoms with Crippen LogP contribution in [0.2, 0.25) is 5.02 Å². The first-order valence-electron chi connectivity index (χ1n) is 9.03. The summed E-state index contributed by atoms with van der Waals surface area (Å²) in [5.41, 5.74) is 1.21. The maximum absolute atomic E-state index is 12.8. The third kappa shape index (κ3) is 6.06. The number of piperidine rings is 1. The quantitative estimate of drug-likeness (QED) is 0.725. The van der Waals surface area contributed by atoms with Crippen LogP contribution < -0.4 is 0 Å². The van der Waals surface area contributed by atoms with Gasteiger partial charge < -0.3 is 4.90 Å². The van der Waals surface area contributed by atoms with Gasteiger partial charge in [-0.1, -0.05) is 23.7 Å². The Morgan fingerprint density at radius 1 is 1.11 bits per heavy atom. The van der Waals surface area contributed by atoms with Crippen LogP contribution in [0.4, 0.5) is 0 Å². The second-order valence-electron chi connectivity index (χ2n) is 7.19. The number of rotatable bonds is 4. The zero-order valence-electron chi connectivity index (χ0n) is 15.5. The molecule has 1 aromatic rings. The summed E-state index contributed by atoms with van der Waals surface area (Å²) < 4.78 is 24.9. The van der Waals surface area contributed by atoms with E-state index < -0.39 is 10.0 Å². The van der Waals surface area contributed by atoms with Crippen LogP contribution >= 0.6 is 24.0 Å². The molecule has 2 fully saturated rings. The summed E-state index contributed by atoms with van der Waals surface area (Å²) in [5.74, 6) is -0.106. The first-order valence-corrected chi connectivity index (χ1v) is 11.3. The van der Waals surface area contributed by atoms with Gasteiger partial charge in [0, 0.05) is 50.8 Å². The first kappa shape index (κ1) is 22.4. The molecule has 1 unspecified atom stereocenters. The van der Waals surface area contributed by atoms with Gasteiger partial charge in [0.05, 0.1) is 12.2 Å². The Balaban J connectivity index is 0.00000261. The number of benzene rings is 1. The molecule has 3 rings (SSSR count). The van der Waals surface area contributed by atoms with Crippen molar-refractivity contribution in [2.24, 2.45) is 5.92 Å². The molecule has 0 N–H and O–H groups in total. The van der Waals surface area contributed by atoms with Crippen LogP contribution in [0.5, 0.6) is 0 Å². The fraction of sp³-hybridized carbons (Fsp3) is 0.611. The molecule has 0 radical (unpaired) electrons. The van der Waals surface area contributed by atoms with Crippen LogP contribution in [-0.2, 0) is 21.4 Å². The van der Waals surface area contributed by atoms with Crippen LogP contribution in [0.1, 0.15) is 18.4 Å². The van der Waals surface area contributed by atoms with Crippen LogP contribution in [0, 0.1) is 5.92 Å². The van der Waals surface area contributed by atoms with E-state index in [4.69, 9.17) is 11.6 Å². The van der Waals surface area contributed by atoms with E-state index in [1.165, 1.54) is 16.1 Å². The van der Waals surface area contributed by atoms with Crippen molar-refractivity contribution in [3.8, 4) is 0 Å². The maximum atomic E-state index is 12.8. The van der Waals surface area contributed by atoms with E-state index in [0.717, 1.165) is 37.5 Å². The van der Waals surface area contributed by atoms with Crippen molar-refractivity contribution in [3.63, 3.8) is 0 Å². The number of amides is 1. The summed E-state index contributed by atoms with van der Waals surface area (Å²) in [6.07, 6.45) is 2.74. The molecule has 1 amide bonds. The Hall–Kier alpha value is -0.860. The predicted octanol–water partition coefficient (Wildman–Crippen LogP) is 2.08. The van der Waals surface area contributed by atoms with Crippen molar-refractivity contribution in [1.29, 1.82) is 0 Å². The van der Waals surface area contributed by atoms with Gasteiger partial charge >= 0.3 is 0 Å². The fourth-order valence-corrected chi connectivity index (χ4v) is 4.72. The van der Waals surface area contributed by atoms with Crippen LogP contribution in [0.25, 0.3) is 0 Å². The van der Waals surface area contributed by atoms with E-state index in [-0.39, 0.29) is 24.2 Å². The lowest BCUT2D eigenvalue weighted by molar-refractivity contribution is -0.138. The van der Waals surface area contributed by atoms with E-state index >= 15 is 0 Å². The number of halogens is 2. The summed E-state index contributed by atoms with van der Waals surface area (Å²) in [7, 11) is -3.22. The normalized spacial score (nSPS) is 22.3. The maximum Gasteiger partial charge on any atom is 0.227 e. The lowest BCUT2D eigenvalue weighted by Crippen LogP contribution is -2.52. The number of sulfonamides is 1. The molecule has 27 heavy (non-hydrogen) atoms. The van der Waals surface area contributed by atoms with Crippen LogP contribution in [0.3, 0.4) is 0 Å². The predicted molar refractivity (Wildman–Crippen MR) is 110 cm³/mol. The highest BCUT2D eigenvalue weighted by molar-refractivity contribution is 7.88. The summed E-state index contributed by atoms with van der Waals surface area (Å²) in [4.78, 5) is 17.0. The van der Waals surface area contributed by atoms with Gasteiger partial charge in [0.2, 0.25) is 15.9 Å². The molecular formula is C18H27Cl2N3O3S. The van der Waals surface area contributed by atoms with Gasteiger partial charge in [0.15, 0.2) is 0 Å². The van der Waals surface area contributed by atoms with Gasteiger partial charge in [0.1, 0.15) is 0 Å². The molecule has 0 aromatic heterocycles. The van der Waals surface area contributed by atoms with E-state index in [1.807, 2.05) is 29.2 Å². The van der Waals surface area contributed by atoms with Crippen LogP contribution in [0.15, 0.2) is 24.3 Å². The highest BCUT2D eigenvalue weighted by Gasteiger charge is 2.33. The molecule has 2 heterocycles. The Kier molecular flexibility index (Phi) is 7.94. The molecule has 152 valence electrons. The van der Waals surface area contributed by atoms with E-state index in [1.54, 1.807) is 0 Å². The molecule has 6 nitrogen and oxygen atoms in total. The van der Waals surface area contributed by atoms with Crippen molar-refractivity contribution in [2.45, 2.75) is 19.4 Å². The molecule has 0 saturated carbocycles. The molecule has 2 saturated heterocycles. The fourth-order valence-electron chi connectivity index (χ4n) is 3.68. The average molecular weight is 436 g/mol. The summed E-state index contributed by atoms with van der Waals surface area (Å²) in [5, 5.41) is 0.736. The van der Waals surface area contributed by atoms with Gasteiger partial charge in [-0.15, -0.1) is 12.4 Å². The van der Waals surface area contributed by atoms with Gasteiger partial charge in [-0.3, -0.25) is 9.69 Å². The first-order chi connectivity index (χ1) is 12.3. The Labute approximate surface area is 172 Å². The third-order valence-corrected chi connectivity index (χ3v) is 6.73. The largest absolute Gasteiger partial charge is 0.340 e. The molecule has 9 heteroatoms. The summed E-state index contributed by atoms with van der Waals surface area (Å²) >= 11 is 5.92. The van der Waals surface area contributed by atoms with Crippen molar-refractivity contribution in [2.75, 3.05) is 45.5 Å². The lowest BCUT2D eigenvalue weighted by Gasteiger charge is -2.38. The molecule has 0 aliphatic carbocycles. The number of piperazine rings is 1. The number of nitrogens with zero attached hydrogens (tertiary/aromatic N) is 3. The van der Waals surface area contributed by atoms with Gasteiger partial charge in [-0.25, -0.2) is 12.7 Å². The van der Waals surface area contributed by atoms with Crippen molar-refractivity contribution in [3.05, 3.63) is 34.9 Å². The molecule has 0 spiro atoms. The summed E-state index contributed by atoms with van der Waals surface area (Å²) in [6, 6.07) is 7.85. The van der Waals surface area contributed by atoms with Crippen molar-refractivity contribution < 1.29 is 13.2 Å². The second-order valence-corrected chi connectivity index (χ2v) is 9.61.